The second-order valence-corrected chi connectivity index (χ2v) is 5.65. The van der Waals surface area contributed by atoms with Gasteiger partial charge in [-0.1, -0.05) is 18.2 Å². The molecule has 2 aromatic rings. The number of hydrogen-bond donors (Lipinski definition) is 0. The summed E-state index contributed by atoms with van der Waals surface area (Å²) in [6.45, 7) is 2.93. The van der Waals surface area contributed by atoms with Crippen molar-refractivity contribution < 1.29 is 9.53 Å². The first kappa shape index (κ1) is 15.3. The van der Waals surface area contributed by atoms with Crippen molar-refractivity contribution in [1.29, 1.82) is 0 Å². The first-order valence-corrected chi connectivity index (χ1v) is 7.66. The fourth-order valence-corrected chi connectivity index (χ4v) is 2.63. The molecule has 1 amide bonds. The first-order chi connectivity index (χ1) is 11.1. The number of aryl methyl sites for hydroxylation is 1. The quantitative estimate of drug-likeness (QED) is 0.852. The molecule has 3 rings (SSSR count). The van der Waals surface area contributed by atoms with E-state index in [9.17, 15) is 9.59 Å². The molecule has 0 radical (unpaired) electrons. The van der Waals surface area contributed by atoms with Crippen molar-refractivity contribution in [3.63, 3.8) is 0 Å². The summed E-state index contributed by atoms with van der Waals surface area (Å²) in [4.78, 5) is 25.8. The number of hydrogen-bond acceptors (Lipinski definition) is 4. The van der Waals surface area contributed by atoms with E-state index in [4.69, 9.17) is 4.74 Å². The zero-order valence-corrected chi connectivity index (χ0v) is 13.0. The predicted molar refractivity (Wildman–Crippen MR) is 85.3 cm³/mol. The van der Waals surface area contributed by atoms with Crippen LogP contribution in [-0.4, -0.2) is 39.8 Å². The Morgan fingerprint density at radius 3 is 2.83 bits per heavy atom. The Bertz CT molecular complexity index is 742. The number of carbonyl (C=O) groups excluding carboxylic acids is 1. The molecule has 2 heterocycles. The molecule has 0 saturated carbocycles. The highest BCUT2D eigenvalue weighted by molar-refractivity contribution is 5.76. The van der Waals surface area contributed by atoms with Crippen LogP contribution in [0.4, 0.5) is 0 Å². The molecule has 0 spiro atoms. The maximum absolute atomic E-state index is 12.3. The molecule has 6 nitrogen and oxygen atoms in total. The average molecular weight is 313 g/mol. The average Bonchev–Trinajstić information content (AvgIpc) is 3.00. The molecule has 23 heavy (non-hydrogen) atoms. The number of ether oxygens (including phenoxy) is 1. The molecule has 0 N–H and O–H groups in total. The van der Waals surface area contributed by atoms with Crippen LogP contribution < -0.4 is 10.3 Å². The van der Waals surface area contributed by atoms with Gasteiger partial charge >= 0.3 is 0 Å². The van der Waals surface area contributed by atoms with Crippen molar-refractivity contribution >= 4 is 5.91 Å². The van der Waals surface area contributed by atoms with Crippen molar-refractivity contribution in [1.82, 2.24) is 14.7 Å². The number of para-hydroxylation sites is 1. The fourth-order valence-electron chi connectivity index (χ4n) is 2.63. The topological polar surface area (TPSA) is 64.4 Å². The van der Waals surface area contributed by atoms with Gasteiger partial charge in [0.05, 0.1) is 12.2 Å². The summed E-state index contributed by atoms with van der Waals surface area (Å²) >= 11 is 0. The van der Waals surface area contributed by atoms with E-state index in [1.165, 1.54) is 10.7 Å². The summed E-state index contributed by atoms with van der Waals surface area (Å²) in [5.41, 5.74) is 0.448. The Morgan fingerprint density at radius 2 is 2.04 bits per heavy atom. The van der Waals surface area contributed by atoms with Crippen LogP contribution in [0.15, 0.2) is 47.3 Å². The lowest BCUT2D eigenvalue weighted by atomic mass is 10.3. The molecule has 1 aromatic heterocycles. The number of amides is 1. The monoisotopic (exact) mass is 313 g/mol. The summed E-state index contributed by atoms with van der Waals surface area (Å²) in [6, 6.07) is 12.7. The Labute approximate surface area is 134 Å². The number of nitrogens with zero attached hydrogens (tertiary/aromatic N) is 3. The van der Waals surface area contributed by atoms with Gasteiger partial charge in [-0.3, -0.25) is 9.59 Å². The van der Waals surface area contributed by atoms with Gasteiger partial charge in [0.25, 0.3) is 5.56 Å². The van der Waals surface area contributed by atoms with Crippen LogP contribution in [0.25, 0.3) is 0 Å². The lowest BCUT2D eigenvalue weighted by Crippen LogP contribution is -2.37. The molecule has 1 aromatic carbocycles. The van der Waals surface area contributed by atoms with Gasteiger partial charge in [0, 0.05) is 19.0 Å². The van der Waals surface area contributed by atoms with Crippen molar-refractivity contribution in [2.45, 2.75) is 26.0 Å². The molecule has 120 valence electrons. The Hall–Kier alpha value is -2.63. The summed E-state index contributed by atoms with van der Waals surface area (Å²) in [7, 11) is 0. The number of benzene rings is 1. The van der Waals surface area contributed by atoms with Gasteiger partial charge in [0.2, 0.25) is 5.91 Å². The van der Waals surface area contributed by atoms with E-state index >= 15 is 0 Å². The van der Waals surface area contributed by atoms with Crippen LogP contribution in [0, 0.1) is 6.92 Å². The molecule has 0 unspecified atom stereocenters. The van der Waals surface area contributed by atoms with E-state index in [1.807, 2.05) is 30.3 Å². The van der Waals surface area contributed by atoms with Gasteiger partial charge in [0.1, 0.15) is 18.4 Å². The third-order valence-corrected chi connectivity index (χ3v) is 3.83. The van der Waals surface area contributed by atoms with Crippen molar-refractivity contribution in [3.05, 3.63) is 58.5 Å². The Balaban J connectivity index is 1.59. The summed E-state index contributed by atoms with van der Waals surface area (Å²) in [6.07, 6.45) is 0.778. The second kappa shape index (κ2) is 6.64. The SMILES string of the molecule is Cc1ccc(=O)n(CC(=O)N2CC[C@H](Oc3ccccc3)C2)n1. The van der Waals surface area contributed by atoms with Crippen molar-refractivity contribution in [2.75, 3.05) is 13.1 Å². The molecule has 6 heteroatoms. The second-order valence-electron chi connectivity index (χ2n) is 5.65. The molecular weight excluding hydrogens is 294 g/mol. The normalized spacial score (nSPS) is 17.3. The van der Waals surface area contributed by atoms with Crippen LogP contribution >= 0.6 is 0 Å². The molecule has 1 aliphatic rings. The van der Waals surface area contributed by atoms with Crippen molar-refractivity contribution in [2.24, 2.45) is 0 Å². The standard InChI is InChI=1S/C17H19N3O3/c1-13-7-8-16(21)20(18-13)12-17(22)19-10-9-15(11-19)23-14-5-3-2-4-6-14/h2-8,15H,9-12H2,1H3/t15-/m0/s1. The molecule has 1 fully saturated rings. The predicted octanol–water partition coefficient (Wildman–Crippen LogP) is 1.23. The summed E-state index contributed by atoms with van der Waals surface area (Å²) in [5, 5.41) is 4.10. The fraction of sp³-hybridized carbons (Fsp3) is 0.353. The molecule has 1 saturated heterocycles. The Kier molecular flexibility index (Phi) is 4.41. The minimum atomic E-state index is -0.264. The summed E-state index contributed by atoms with van der Waals surface area (Å²) in [5.74, 6) is 0.702. The van der Waals surface area contributed by atoms with E-state index in [1.54, 1.807) is 17.9 Å². The minimum Gasteiger partial charge on any atom is -0.489 e. The maximum atomic E-state index is 12.3. The first-order valence-electron chi connectivity index (χ1n) is 7.66. The highest BCUT2D eigenvalue weighted by Crippen LogP contribution is 2.18. The highest BCUT2D eigenvalue weighted by Gasteiger charge is 2.27. The molecule has 0 bridgehead atoms. The largest absolute Gasteiger partial charge is 0.489 e. The lowest BCUT2D eigenvalue weighted by Gasteiger charge is -2.17. The van der Waals surface area contributed by atoms with Crippen LogP contribution in [0.5, 0.6) is 5.75 Å². The van der Waals surface area contributed by atoms with Gasteiger partial charge in [-0.25, -0.2) is 4.68 Å². The number of carbonyl (C=O) groups is 1. The van der Waals surface area contributed by atoms with Gasteiger partial charge in [-0.2, -0.15) is 5.10 Å². The van der Waals surface area contributed by atoms with Crippen LogP contribution in [0.1, 0.15) is 12.1 Å². The van der Waals surface area contributed by atoms with Gasteiger partial charge in [-0.05, 0) is 25.1 Å². The molecular formula is C17H19N3O3. The maximum Gasteiger partial charge on any atom is 0.267 e. The minimum absolute atomic E-state index is 0.0106. The Morgan fingerprint density at radius 1 is 1.26 bits per heavy atom. The lowest BCUT2D eigenvalue weighted by molar-refractivity contribution is -0.131. The van der Waals surface area contributed by atoms with Crippen LogP contribution in [0.3, 0.4) is 0 Å². The van der Waals surface area contributed by atoms with E-state index in [0.29, 0.717) is 18.8 Å². The molecule has 0 aliphatic carbocycles. The van der Waals surface area contributed by atoms with E-state index in [2.05, 4.69) is 5.10 Å². The molecule has 1 aliphatic heterocycles. The van der Waals surface area contributed by atoms with Gasteiger partial charge in [0.15, 0.2) is 0 Å². The van der Waals surface area contributed by atoms with Crippen LogP contribution in [0.2, 0.25) is 0 Å². The van der Waals surface area contributed by atoms with E-state index < -0.39 is 0 Å². The number of rotatable bonds is 4. The third kappa shape index (κ3) is 3.77. The number of aromatic nitrogens is 2. The highest BCUT2D eigenvalue weighted by atomic mass is 16.5. The van der Waals surface area contributed by atoms with E-state index in [0.717, 1.165) is 12.2 Å². The number of likely N-dealkylation sites (tertiary alicyclic amines) is 1. The zero-order chi connectivity index (χ0) is 16.2. The molecule has 1 atom stereocenters. The van der Waals surface area contributed by atoms with Crippen LogP contribution in [-0.2, 0) is 11.3 Å². The summed E-state index contributed by atoms with van der Waals surface area (Å²) < 4.78 is 7.08. The van der Waals surface area contributed by atoms with Gasteiger partial charge < -0.3 is 9.64 Å². The van der Waals surface area contributed by atoms with Gasteiger partial charge in [-0.15, -0.1) is 0 Å². The third-order valence-electron chi connectivity index (χ3n) is 3.83. The zero-order valence-electron chi connectivity index (χ0n) is 13.0. The van der Waals surface area contributed by atoms with Crippen molar-refractivity contribution in [3.8, 4) is 5.75 Å². The smallest absolute Gasteiger partial charge is 0.267 e. The van der Waals surface area contributed by atoms with E-state index in [-0.39, 0.29) is 24.1 Å².